The van der Waals surface area contributed by atoms with Crippen LogP contribution in [0, 0.1) is 5.92 Å². The van der Waals surface area contributed by atoms with Crippen LogP contribution in [-0.2, 0) is 9.59 Å². The zero-order valence-electron chi connectivity index (χ0n) is 13.9. The minimum Gasteiger partial charge on any atom is -0.481 e. The van der Waals surface area contributed by atoms with Crippen molar-refractivity contribution in [1.82, 2.24) is 4.90 Å². The number of hydrogen-bond donors (Lipinski definition) is 1. The highest BCUT2D eigenvalue weighted by atomic mass is 16.5. The summed E-state index contributed by atoms with van der Waals surface area (Å²) in [5.41, 5.74) is 0.492. The Morgan fingerprint density at radius 2 is 1.87 bits per heavy atom. The van der Waals surface area contributed by atoms with Crippen molar-refractivity contribution in [2.45, 2.75) is 33.8 Å². The number of carbonyl (C=O) groups excluding carboxylic acids is 2. The lowest BCUT2D eigenvalue weighted by molar-refractivity contribution is -0.147. The molecule has 0 radical (unpaired) electrons. The highest BCUT2D eigenvalue weighted by molar-refractivity contribution is 5.94. The van der Waals surface area contributed by atoms with E-state index in [1.807, 2.05) is 13.8 Å². The predicted octanol–water partition coefficient (Wildman–Crippen LogP) is 2.23. The van der Waals surface area contributed by atoms with E-state index in [0.29, 0.717) is 17.9 Å². The zero-order chi connectivity index (χ0) is 17.6. The number of ketones is 1. The van der Waals surface area contributed by atoms with Crippen LogP contribution in [0.5, 0.6) is 5.75 Å². The van der Waals surface area contributed by atoms with E-state index >= 15 is 0 Å². The van der Waals surface area contributed by atoms with E-state index in [4.69, 9.17) is 9.84 Å². The molecule has 1 amide bonds. The summed E-state index contributed by atoms with van der Waals surface area (Å²) in [5.74, 6) is -1.01. The third-order valence-electron chi connectivity index (χ3n) is 3.12. The van der Waals surface area contributed by atoms with Crippen LogP contribution < -0.4 is 4.74 Å². The Hall–Kier alpha value is -2.37. The van der Waals surface area contributed by atoms with E-state index in [2.05, 4.69) is 0 Å². The average molecular weight is 321 g/mol. The van der Waals surface area contributed by atoms with Gasteiger partial charge < -0.3 is 14.7 Å². The van der Waals surface area contributed by atoms with E-state index in [-0.39, 0.29) is 18.2 Å². The van der Waals surface area contributed by atoms with Crippen molar-refractivity contribution < 1.29 is 24.2 Å². The number of carboxylic acids is 1. The summed E-state index contributed by atoms with van der Waals surface area (Å²) in [5, 5.41) is 8.94. The lowest BCUT2D eigenvalue weighted by Gasteiger charge is -2.26. The summed E-state index contributed by atoms with van der Waals surface area (Å²) in [6.07, 6.45) is -0.838. The summed E-state index contributed by atoms with van der Waals surface area (Å²) >= 11 is 0. The van der Waals surface area contributed by atoms with E-state index in [1.165, 1.54) is 11.8 Å². The van der Waals surface area contributed by atoms with Crippen molar-refractivity contribution in [3.8, 4) is 5.75 Å². The molecule has 0 saturated carbocycles. The molecular formula is C17H23NO5. The molecule has 0 aliphatic carbocycles. The number of carboxylic acid groups (broad SMARTS) is 1. The molecule has 1 unspecified atom stereocenters. The van der Waals surface area contributed by atoms with Gasteiger partial charge in [0.25, 0.3) is 5.91 Å². The summed E-state index contributed by atoms with van der Waals surface area (Å²) in [6, 6.07) is 6.56. The lowest BCUT2D eigenvalue weighted by Crippen LogP contribution is -2.44. The molecule has 6 nitrogen and oxygen atoms in total. The number of amides is 1. The first-order valence-electron chi connectivity index (χ1n) is 7.49. The summed E-state index contributed by atoms with van der Waals surface area (Å²) in [7, 11) is 0. The quantitative estimate of drug-likeness (QED) is 0.742. The molecule has 0 spiro atoms. The highest BCUT2D eigenvalue weighted by Gasteiger charge is 2.24. The van der Waals surface area contributed by atoms with Crippen LogP contribution in [-0.4, -0.2) is 46.9 Å². The molecule has 1 atom stereocenters. The van der Waals surface area contributed by atoms with Gasteiger partial charge in [-0.2, -0.15) is 0 Å². The third-order valence-corrected chi connectivity index (χ3v) is 3.12. The number of benzene rings is 1. The lowest BCUT2D eigenvalue weighted by atomic mass is 10.1. The molecule has 0 aromatic heterocycles. The first kappa shape index (κ1) is 18.7. The Morgan fingerprint density at radius 3 is 2.39 bits per heavy atom. The van der Waals surface area contributed by atoms with E-state index in [9.17, 15) is 14.4 Å². The fraction of sp³-hybridized carbons (Fsp3) is 0.471. The smallest absolute Gasteiger partial charge is 0.323 e. The normalized spacial score (nSPS) is 11.9. The molecule has 6 heteroatoms. The fourth-order valence-corrected chi connectivity index (χ4v) is 2.14. The topological polar surface area (TPSA) is 83.9 Å². The van der Waals surface area contributed by atoms with Crippen LogP contribution in [0.3, 0.4) is 0 Å². The van der Waals surface area contributed by atoms with E-state index in [1.54, 1.807) is 31.2 Å². The van der Waals surface area contributed by atoms with Gasteiger partial charge in [-0.25, -0.2) is 0 Å². The Kier molecular flexibility index (Phi) is 6.75. The second-order valence-electron chi connectivity index (χ2n) is 5.85. The van der Waals surface area contributed by atoms with Crippen LogP contribution >= 0.6 is 0 Å². The van der Waals surface area contributed by atoms with Gasteiger partial charge in [-0.05, 0) is 31.9 Å². The standard InChI is InChI=1S/C17H23NO5/c1-11(2)9-18(10-16(20)21)17(22)13(4)23-15-7-5-6-14(8-15)12(3)19/h5-8,11,13H,9-10H2,1-4H3,(H,20,21). The van der Waals surface area contributed by atoms with Crippen LogP contribution in [0.4, 0.5) is 0 Å². The highest BCUT2D eigenvalue weighted by Crippen LogP contribution is 2.16. The number of nitrogens with zero attached hydrogens (tertiary/aromatic N) is 1. The molecule has 23 heavy (non-hydrogen) atoms. The number of Topliss-reactive ketones (excluding diaryl/α,β-unsaturated/α-hetero) is 1. The van der Waals surface area contributed by atoms with Crippen molar-refractivity contribution in [2.75, 3.05) is 13.1 Å². The molecule has 0 heterocycles. The number of hydrogen-bond acceptors (Lipinski definition) is 4. The maximum Gasteiger partial charge on any atom is 0.323 e. The summed E-state index contributed by atoms with van der Waals surface area (Å²) in [6.45, 7) is 6.81. The van der Waals surface area contributed by atoms with Gasteiger partial charge in [-0.3, -0.25) is 14.4 Å². The van der Waals surface area contributed by atoms with Crippen molar-refractivity contribution in [2.24, 2.45) is 5.92 Å². The number of carbonyl (C=O) groups is 3. The maximum absolute atomic E-state index is 12.4. The largest absolute Gasteiger partial charge is 0.481 e. The number of ether oxygens (including phenoxy) is 1. The molecule has 0 saturated heterocycles. The molecule has 1 aromatic rings. The van der Waals surface area contributed by atoms with Gasteiger partial charge in [0, 0.05) is 12.1 Å². The average Bonchev–Trinajstić information content (AvgIpc) is 2.45. The first-order valence-corrected chi connectivity index (χ1v) is 7.49. The Balaban J connectivity index is 2.82. The van der Waals surface area contributed by atoms with Crippen molar-refractivity contribution in [1.29, 1.82) is 0 Å². The maximum atomic E-state index is 12.4. The molecule has 1 rings (SSSR count). The van der Waals surface area contributed by atoms with Gasteiger partial charge in [0.1, 0.15) is 12.3 Å². The second kappa shape index (κ2) is 8.31. The van der Waals surface area contributed by atoms with Gasteiger partial charge in [0.05, 0.1) is 0 Å². The number of rotatable bonds is 8. The monoisotopic (exact) mass is 321 g/mol. The first-order chi connectivity index (χ1) is 10.7. The molecule has 0 aliphatic rings. The van der Waals surface area contributed by atoms with Crippen LogP contribution in [0.15, 0.2) is 24.3 Å². The van der Waals surface area contributed by atoms with Gasteiger partial charge >= 0.3 is 5.97 Å². The van der Waals surface area contributed by atoms with Gasteiger partial charge in [0.2, 0.25) is 0 Å². The van der Waals surface area contributed by atoms with E-state index < -0.39 is 18.0 Å². The number of aliphatic carboxylic acids is 1. The Bertz CT molecular complexity index is 582. The molecule has 0 fully saturated rings. The van der Waals surface area contributed by atoms with Gasteiger partial charge in [-0.1, -0.05) is 26.0 Å². The summed E-state index contributed by atoms with van der Waals surface area (Å²) in [4.78, 5) is 36.0. The molecule has 126 valence electrons. The minimum absolute atomic E-state index is 0.0956. The molecular weight excluding hydrogens is 298 g/mol. The zero-order valence-corrected chi connectivity index (χ0v) is 13.9. The van der Waals surface area contributed by atoms with Crippen LogP contribution in [0.1, 0.15) is 38.1 Å². The van der Waals surface area contributed by atoms with Crippen LogP contribution in [0.25, 0.3) is 0 Å². The van der Waals surface area contributed by atoms with Crippen molar-refractivity contribution in [3.63, 3.8) is 0 Å². The Morgan fingerprint density at radius 1 is 1.22 bits per heavy atom. The summed E-state index contributed by atoms with van der Waals surface area (Å²) < 4.78 is 5.57. The third kappa shape index (κ3) is 6.10. The fourth-order valence-electron chi connectivity index (χ4n) is 2.14. The van der Waals surface area contributed by atoms with Crippen molar-refractivity contribution in [3.05, 3.63) is 29.8 Å². The van der Waals surface area contributed by atoms with Crippen molar-refractivity contribution >= 4 is 17.7 Å². The van der Waals surface area contributed by atoms with E-state index in [0.717, 1.165) is 0 Å². The molecule has 0 bridgehead atoms. The molecule has 1 aromatic carbocycles. The second-order valence-corrected chi connectivity index (χ2v) is 5.85. The van der Waals surface area contributed by atoms with Gasteiger partial charge in [-0.15, -0.1) is 0 Å². The Labute approximate surface area is 136 Å². The van der Waals surface area contributed by atoms with Gasteiger partial charge in [0.15, 0.2) is 11.9 Å². The minimum atomic E-state index is -1.07. The molecule has 1 N–H and O–H groups in total. The predicted molar refractivity (Wildman–Crippen MR) is 85.6 cm³/mol. The molecule has 0 aliphatic heterocycles. The van der Waals surface area contributed by atoms with Crippen LogP contribution in [0.2, 0.25) is 0 Å². The SMILES string of the molecule is CC(=O)c1cccc(OC(C)C(=O)N(CC(=O)O)CC(C)C)c1.